The third-order valence-electron chi connectivity index (χ3n) is 5.33. The summed E-state index contributed by atoms with van der Waals surface area (Å²) in [6, 6.07) is 12.6. The Balaban J connectivity index is 1.40. The van der Waals surface area contributed by atoms with Gasteiger partial charge in [0.25, 0.3) is 0 Å². The van der Waals surface area contributed by atoms with Crippen molar-refractivity contribution in [3.8, 4) is 22.5 Å². The summed E-state index contributed by atoms with van der Waals surface area (Å²) in [4.78, 5) is 25.0. The molecule has 0 radical (unpaired) electrons. The normalized spacial score (nSPS) is 10.7. The van der Waals surface area contributed by atoms with Crippen LogP contribution in [0.5, 0.6) is 0 Å². The summed E-state index contributed by atoms with van der Waals surface area (Å²) >= 11 is 0. The van der Waals surface area contributed by atoms with Gasteiger partial charge in [0.1, 0.15) is 0 Å². The first-order valence-corrected chi connectivity index (χ1v) is 10.5. The zero-order chi connectivity index (χ0) is 23.5. The van der Waals surface area contributed by atoms with E-state index in [9.17, 15) is 0 Å². The molecule has 0 aromatic carbocycles. The minimum Gasteiger partial charge on any atom is -0.364 e. The molecule has 5 heterocycles. The number of fused-ring (bicyclic) bond motifs is 1. The van der Waals surface area contributed by atoms with Crippen molar-refractivity contribution < 1.29 is 4.39 Å². The molecule has 0 fully saturated rings. The molecular weight excluding hydrogens is 429 g/mol. The molecule has 7 nitrogen and oxygen atoms in total. The Kier molecular flexibility index (Phi) is 5.58. The molecule has 0 aliphatic heterocycles. The van der Waals surface area contributed by atoms with Gasteiger partial charge in [-0.3, -0.25) is 19.9 Å². The topological polar surface area (TPSA) is 80.8 Å². The van der Waals surface area contributed by atoms with Crippen LogP contribution in [0.4, 0.5) is 15.9 Å². The van der Waals surface area contributed by atoms with E-state index < -0.39 is 5.82 Å². The maximum absolute atomic E-state index is 15.3. The minimum absolute atomic E-state index is 0.101. The summed E-state index contributed by atoms with van der Waals surface area (Å²) in [7, 11) is 0. The molecule has 5 rings (SSSR count). The van der Waals surface area contributed by atoms with Gasteiger partial charge in [-0.05, 0) is 54.4 Å². The Labute approximate surface area is 195 Å². The van der Waals surface area contributed by atoms with Gasteiger partial charge >= 0.3 is 0 Å². The molecule has 0 bridgehead atoms. The molecule has 0 spiro atoms. The van der Waals surface area contributed by atoms with E-state index in [1.54, 1.807) is 43.0 Å². The fraction of sp³-hybridized carbons (Fsp3) is 0.0769. The van der Waals surface area contributed by atoms with E-state index in [4.69, 9.17) is 6.57 Å². The highest BCUT2D eigenvalue weighted by molar-refractivity contribution is 5.82. The zero-order valence-corrected chi connectivity index (χ0v) is 18.2. The fourth-order valence-electron chi connectivity index (χ4n) is 3.67. The average Bonchev–Trinajstić information content (AvgIpc) is 2.87. The highest BCUT2D eigenvalue weighted by Crippen LogP contribution is 2.30. The van der Waals surface area contributed by atoms with Gasteiger partial charge < -0.3 is 5.32 Å². The maximum Gasteiger partial charge on any atom is 0.213 e. The zero-order valence-electron chi connectivity index (χ0n) is 18.2. The quantitative estimate of drug-likeness (QED) is 0.345. The van der Waals surface area contributed by atoms with E-state index in [-0.39, 0.29) is 12.4 Å². The number of rotatable bonds is 5. The van der Waals surface area contributed by atoms with Gasteiger partial charge in [-0.25, -0.2) is 14.2 Å². The Morgan fingerprint density at radius 3 is 2.68 bits per heavy atom. The first kappa shape index (κ1) is 21.1. The first-order valence-electron chi connectivity index (χ1n) is 10.5. The van der Waals surface area contributed by atoms with Crippen LogP contribution in [-0.4, -0.2) is 24.9 Å². The predicted octanol–water partition coefficient (Wildman–Crippen LogP) is 5.76. The molecule has 0 aliphatic carbocycles. The fourth-order valence-corrected chi connectivity index (χ4v) is 3.67. The number of nitrogens with one attached hydrogen (secondary N) is 1. The lowest BCUT2D eigenvalue weighted by molar-refractivity contribution is 0.627. The molecular formula is C26H18FN7. The molecule has 0 saturated heterocycles. The number of aromatic nitrogens is 5. The second-order valence-electron chi connectivity index (χ2n) is 7.65. The third kappa shape index (κ3) is 4.14. The Morgan fingerprint density at radius 1 is 0.941 bits per heavy atom. The summed E-state index contributed by atoms with van der Waals surface area (Å²) in [5, 5.41) is 3.89. The molecule has 34 heavy (non-hydrogen) atoms. The van der Waals surface area contributed by atoms with Gasteiger partial charge in [0, 0.05) is 48.0 Å². The van der Waals surface area contributed by atoms with Crippen molar-refractivity contribution in [1.29, 1.82) is 0 Å². The number of hydrogen-bond acceptors (Lipinski definition) is 6. The molecule has 5 aromatic heterocycles. The van der Waals surface area contributed by atoms with E-state index in [0.717, 1.165) is 27.7 Å². The second-order valence-corrected chi connectivity index (χ2v) is 7.65. The Morgan fingerprint density at radius 2 is 1.82 bits per heavy atom. The van der Waals surface area contributed by atoms with Crippen molar-refractivity contribution in [3.05, 3.63) is 102 Å². The standard InChI is InChI=1S/C26H18FN7/c1-16-10-19(5-8-29-16)25-22(28-2)11-17(13-33-25)14-34-26-24(27)20(6-9-31-26)21-12-18-4-3-7-30-23(18)15-32-21/h3-13,15H,14H2,1H3,(H,31,34). The van der Waals surface area contributed by atoms with Gasteiger partial charge in [0.15, 0.2) is 11.6 Å². The number of aryl methyl sites for hydroxylation is 1. The molecule has 5 aromatic rings. The monoisotopic (exact) mass is 447 g/mol. The van der Waals surface area contributed by atoms with Crippen LogP contribution in [0.1, 0.15) is 11.3 Å². The van der Waals surface area contributed by atoms with Crippen molar-refractivity contribution in [1.82, 2.24) is 24.9 Å². The molecule has 0 saturated carbocycles. The molecule has 164 valence electrons. The molecule has 0 aliphatic rings. The van der Waals surface area contributed by atoms with Crippen LogP contribution in [0.25, 0.3) is 38.3 Å². The molecule has 8 heteroatoms. The Hall–Kier alpha value is -4.77. The van der Waals surface area contributed by atoms with Gasteiger partial charge in [0.05, 0.1) is 29.7 Å². The van der Waals surface area contributed by atoms with Crippen LogP contribution in [0, 0.1) is 19.3 Å². The van der Waals surface area contributed by atoms with Gasteiger partial charge in [-0.15, -0.1) is 0 Å². The van der Waals surface area contributed by atoms with E-state index in [0.29, 0.717) is 22.6 Å². The second kappa shape index (κ2) is 9.00. The minimum atomic E-state index is -0.500. The van der Waals surface area contributed by atoms with Crippen molar-refractivity contribution in [3.63, 3.8) is 0 Å². The lowest BCUT2D eigenvalue weighted by atomic mass is 10.1. The molecule has 1 N–H and O–H groups in total. The van der Waals surface area contributed by atoms with E-state index in [1.807, 2.05) is 31.2 Å². The van der Waals surface area contributed by atoms with Crippen molar-refractivity contribution in [2.24, 2.45) is 0 Å². The number of pyridine rings is 5. The van der Waals surface area contributed by atoms with Crippen LogP contribution in [0.2, 0.25) is 0 Å². The van der Waals surface area contributed by atoms with Crippen LogP contribution >= 0.6 is 0 Å². The largest absolute Gasteiger partial charge is 0.364 e. The number of nitrogens with zero attached hydrogens (tertiary/aromatic N) is 6. The van der Waals surface area contributed by atoms with Gasteiger partial charge in [-0.2, -0.15) is 0 Å². The van der Waals surface area contributed by atoms with Crippen LogP contribution in [-0.2, 0) is 6.54 Å². The van der Waals surface area contributed by atoms with Crippen LogP contribution in [0.3, 0.4) is 0 Å². The number of halogens is 1. The smallest absolute Gasteiger partial charge is 0.213 e. The van der Waals surface area contributed by atoms with E-state index in [2.05, 4.69) is 35.1 Å². The number of anilines is 1. The Bertz CT molecular complexity index is 1560. The summed E-state index contributed by atoms with van der Waals surface area (Å²) < 4.78 is 15.3. The third-order valence-corrected chi connectivity index (χ3v) is 5.33. The van der Waals surface area contributed by atoms with Gasteiger partial charge in [0.2, 0.25) is 5.69 Å². The van der Waals surface area contributed by atoms with Crippen LogP contribution in [0.15, 0.2) is 73.4 Å². The predicted molar refractivity (Wildman–Crippen MR) is 129 cm³/mol. The lowest BCUT2D eigenvalue weighted by Gasteiger charge is -2.11. The van der Waals surface area contributed by atoms with Crippen LogP contribution < -0.4 is 5.32 Å². The molecule has 0 atom stereocenters. The summed E-state index contributed by atoms with van der Waals surface area (Å²) in [5.41, 5.74) is 5.00. The van der Waals surface area contributed by atoms with Crippen molar-refractivity contribution >= 4 is 22.4 Å². The summed E-state index contributed by atoms with van der Waals surface area (Å²) in [5.74, 6) is -0.399. The number of hydrogen-bond donors (Lipinski definition) is 1. The molecule has 0 unspecified atom stereocenters. The molecule has 0 amide bonds. The summed E-state index contributed by atoms with van der Waals surface area (Å²) in [6.07, 6.45) is 8.22. The maximum atomic E-state index is 15.3. The summed E-state index contributed by atoms with van der Waals surface area (Å²) in [6.45, 7) is 9.71. The highest BCUT2D eigenvalue weighted by atomic mass is 19.1. The van der Waals surface area contributed by atoms with Gasteiger partial charge in [-0.1, -0.05) is 6.07 Å². The van der Waals surface area contributed by atoms with Crippen molar-refractivity contribution in [2.45, 2.75) is 13.5 Å². The average molecular weight is 447 g/mol. The first-order chi connectivity index (χ1) is 16.6. The van der Waals surface area contributed by atoms with E-state index >= 15 is 4.39 Å². The van der Waals surface area contributed by atoms with E-state index in [1.165, 1.54) is 6.20 Å². The lowest BCUT2D eigenvalue weighted by Crippen LogP contribution is -2.05. The highest BCUT2D eigenvalue weighted by Gasteiger charge is 2.14. The SMILES string of the molecule is [C-]#[N+]c1cc(CNc2nccc(-c3cc4cccnc4cn3)c2F)cnc1-c1ccnc(C)c1. The van der Waals surface area contributed by atoms with Crippen molar-refractivity contribution in [2.75, 3.05) is 5.32 Å².